The second-order valence-corrected chi connectivity index (χ2v) is 8.29. The van der Waals surface area contributed by atoms with Gasteiger partial charge in [-0.05, 0) is 80.3 Å². The van der Waals surface area contributed by atoms with Crippen LogP contribution in [0.3, 0.4) is 0 Å². The fourth-order valence-electron chi connectivity index (χ4n) is 3.63. The van der Waals surface area contributed by atoms with Gasteiger partial charge >= 0.3 is 0 Å². The molecule has 0 radical (unpaired) electrons. The minimum absolute atomic E-state index is 0.990. The fourth-order valence-corrected chi connectivity index (χ4v) is 4.68. The highest BCUT2D eigenvalue weighted by atomic mass is 31.0. The molecule has 0 aromatic heterocycles. The molecule has 3 heteroatoms. The maximum Gasteiger partial charge on any atom is -0.0125 e. The second kappa shape index (κ2) is 8.84. The van der Waals surface area contributed by atoms with Crippen LogP contribution in [0.25, 0.3) is 33.0 Å². The van der Waals surface area contributed by atoms with Crippen molar-refractivity contribution in [1.82, 2.24) is 0 Å². The molecule has 0 N–H and O–H groups in total. The zero-order valence-electron chi connectivity index (χ0n) is 15.9. The van der Waals surface area contributed by atoms with Crippen LogP contribution in [0.2, 0.25) is 0 Å². The number of rotatable bonds is 5. The Morgan fingerprint density at radius 3 is 1.50 bits per heavy atom. The van der Waals surface area contributed by atoms with Crippen molar-refractivity contribution in [2.75, 3.05) is 0 Å². The molecule has 0 aliphatic carbocycles. The number of benzene rings is 4. The van der Waals surface area contributed by atoms with Gasteiger partial charge in [-0.25, -0.2) is 0 Å². The third-order valence-electron chi connectivity index (χ3n) is 5.34. The van der Waals surface area contributed by atoms with E-state index in [2.05, 4.69) is 107 Å². The molecule has 0 fully saturated rings. The molecule has 0 amide bonds. The Balaban J connectivity index is 1.70. The van der Waals surface area contributed by atoms with E-state index >= 15 is 0 Å². The summed E-state index contributed by atoms with van der Waals surface area (Å²) in [5, 5.41) is 2.56. The highest BCUT2D eigenvalue weighted by Crippen LogP contribution is 2.30. The van der Waals surface area contributed by atoms with Crippen molar-refractivity contribution in [3.63, 3.8) is 0 Å². The average molecular weight is 418 g/mol. The van der Waals surface area contributed by atoms with E-state index in [9.17, 15) is 0 Å². The Kier molecular flexibility index (Phi) is 6.23. The van der Waals surface area contributed by atoms with Gasteiger partial charge in [0.2, 0.25) is 0 Å². The standard InChI is InChI=1S/C25H25P3/c26-14-17-1-3-18(4-2-17)19-5-6-21-12-22(8-7-20(21)11-19)23-9-10-24(15-27)25(13-23)16-28/h1-13H,14-16,26-28H2. The van der Waals surface area contributed by atoms with Crippen molar-refractivity contribution in [2.45, 2.75) is 18.5 Å². The summed E-state index contributed by atoms with van der Waals surface area (Å²) in [5.74, 6) is 0. The third kappa shape index (κ3) is 4.07. The minimum atomic E-state index is 0.990. The predicted octanol–water partition coefficient (Wildman–Crippen LogP) is 7.30. The summed E-state index contributed by atoms with van der Waals surface area (Å²) in [5.41, 5.74) is 9.26. The summed E-state index contributed by atoms with van der Waals surface area (Å²) in [4.78, 5) is 0. The molecule has 0 saturated heterocycles. The molecule has 0 nitrogen and oxygen atoms in total. The number of hydrogen-bond acceptors (Lipinski definition) is 0. The van der Waals surface area contributed by atoms with Gasteiger partial charge in [0, 0.05) is 0 Å². The predicted molar refractivity (Wildman–Crippen MR) is 135 cm³/mol. The molecule has 4 rings (SSSR count). The first-order chi connectivity index (χ1) is 13.7. The minimum Gasteiger partial charge on any atom is -0.133 e. The first kappa shape index (κ1) is 19.7. The quantitative estimate of drug-likeness (QED) is 0.298. The van der Waals surface area contributed by atoms with Gasteiger partial charge in [-0.2, -0.15) is 0 Å². The van der Waals surface area contributed by atoms with Gasteiger partial charge in [-0.15, -0.1) is 27.7 Å². The molecule has 3 atom stereocenters. The number of fused-ring (bicyclic) bond motifs is 1. The first-order valence-electron chi connectivity index (χ1n) is 9.57. The molecule has 0 bridgehead atoms. The van der Waals surface area contributed by atoms with Gasteiger partial charge in [0.15, 0.2) is 0 Å². The zero-order valence-corrected chi connectivity index (χ0v) is 19.3. The molecular weight excluding hydrogens is 393 g/mol. The van der Waals surface area contributed by atoms with Crippen LogP contribution in [0.5, 0.6) is 0 Å². The molecule has 0 heterocycles. The molecule has 28 heavy (non-hydrogen) atoms. The molecule has 0 aliphatic heterocycles. The summed E-state index contributed by atoms with van der Waals surface area (Å²) >= 11 is 0. The lowest BCUT2D eigenvalue weighted by molar-refractivity contribution is 1.29. The van der Waals surface area contributed by atoms with Crippen LogP contribution in [-0.4, -0.2) is 0 Å². The van der Waals surface area contributed by atoms with Crippen LogP contribution in [-0.2, 0) is 18.5 Å². The van der Waals surface area contributed by atoms with Crippen molar-refractivity contribution in [3.05, 3.63) is 95.6 Å². The van der Waals surface area contributed by atoms with E-state index < -0.39 is 0 Å². The lowest BCUT2D eigenvalue weighted by Gasteiger charge is -2.11. The lowest BCUT2D eigenvalue weighted by atomic mass is 9.96. The molecule has 140 valence electrons. The smallest absolute Gasteiger partial charge is 0.0125 e. The van der Waals surface area contributed by atoms with Gasteiger partial charge in [-0.1, -0.05) is 66.7 Å². The van der Waals surface area contributed by atoms with Crippen LogP contribution in [0, 0.1) is 0 Å². The lowest BCUT2D eigenvalue weighted by Crippen LogP contribution is -1.89. The summed E-state index contributed by atoms with van der Waals surface area (Å²) in [6, 6.07) is 29.2. The Hall–Kier alpha value is -1.57. The van der Waals surface area contributed by atoms with E-state index in [1.807, 2.05) is 0 Å². The Bertz CT molecular complexity index is 1110. The van der Waals surface area contributed by atoms with Crippen molar-refractivity contribution < 1.29 is 0 Å². The van der Waals surface area contributed by atoms with Crippen molar-refractivity contribution in [3.8, 4) is 22.3 Å². The Morgan fingerprint density at radius 1 is 0.429 bits per heavy atom. The molecule has 0 saturated carbocycles. The molecule has 0 aliphatic rings. The van der Waals surface area contributed by atoms with Crippen LogP contribution in [0.1, 0.15) is 16.7 Å². The van der Waals surface area contributed by atoms with Crippen LogP contribution < -0.4 is 0 Å². The summed E-state index contributed by atoms with van der Waals surface area (Å²) < 4.78 is 0. The molecule has 4 aromatic carbocycles. The maximum atomic E-state index is 2.85. The summed E-state index contributed by atoms with van der Waals surface area (Å²) in [7, 11) is 8.46. The van der Waals surface area contributed by atoms with E-state index in [0.717, 1.165) is 18.5 Å². The normalized spacial score (nSPS) is 11.1. The molecule has 0 spiro atoms. The average Bonchev–Trinajstić information content (AvgIpc) is 2.78. The van der Waals surface area contributed by atoms with Crippen LogP contribution in [0.15, 0.2) is 78.9 Å². The summed E-state index contributed by atoms with van der Waals surface area (Å²) in [6.45, 7) is 0. The SMILES string of the molecule is PCc1ccc(-c2ccc3cc(-c4ccc(CP)c(CP)c4)ccc3c2)cc1. The van der Waals surface area contributed by atoms with E-state index in [4.69, 9.17) is 0 Å². The Morgan fingerprint density at radius 2 is 0.929 bits per heavy atom. The molecule has 3 unspecified atom stereocenters. The van der Waals surface area contributed by atoms with E-state index in [0.29, 0.717) is 0 Å². The van der Waals surface area contributed by atoms with Crippen LogP contribution in [0.4, 0.5) is 0 Å². The second-order valence-electron chi connectivity index (χ2n) is 7.07. The van der Waals surface area contributed by atoms with Gasteiger partial charge in [0.25, 0.3) is 0 Å². The highest BCUT2D eigenvalue weighted by molar-refractivity contribution is 7.16. The molecular formula is C25H25P3. The van der Waals surface area contributed by atoms with Crippen molar-refractivity contribution in [1.29, 1.82) is 0 Å². The van der Waals surface area contributed by atoms with Crippen molar-refractivity contribution >= 4 is 38.5 Å². The highest BCUT2D eigenvalue weighted by Gasteiger charge is 2.06. The zero-order chi connectivity index (χ0) is 19.5. The van der Waals surface area contributed by atoms with Crippen molar-refractivity contribution in [2.24, 2.45) is 0 Å². The largest absolute Gasteiger partial charge is 0.133 e. The third-order valence-corrected chi connectivity index (χ3v) is 6.69. The maximum absolute atomic E-state index is 2.85. The first-order valence-corrected chi connectivity index (χ1v) is 12.0. The van der Waals surface area contributed by atoms with Gasteiger partial charge < -0.3 is 0 Å². The number of hydrogen-bond donors (Lipinski definition) is 0. The monoisotopic (exact) mass is 418 g/mol. The van der Waals surface area contributed by atoms with E-state index in [1.54, 1.807) is 0 Å². The van der Waals surface area contributed by atoms with Gasteiger partial charge in [-0.3, -0.25) is 0 Å². The van der Waals surface area contributed by atoms with E-state index in [-0.39, 0.29) is 0 Å². The molecule has 4 aromatic rings. The topological polar surface area (TPSA) is 0 Å². The fraction of sp³-hybridized carbons (Fsp3) is 0.120. The summed E-state index contributed by atoms with van der Waals surface area (Å²) in [6.07, 6.45) is 2.99. The van der Waals surface area contributed by atoms with Gasteiger partial charge in [0.1, 0.15) is 0 Å². The van der Waals surface area contributed by atoms with E-state index in [1.165, 1.54) is 49.7 Å². The van der Waals surface area contributed by atoms with Crippen LogP contribution >= 0.6 is 27.7 Å². The Labute approximate surface area is 174 Å². The van der Waals surface area contributed by atoms with Gasteiger partial charge in [0.05, 0.1) is 0 Å².